The molecule has 0 aromatic heterocycles. The van der Waals surface area contributed by atoms with Crippen molar-refractivity contribution in [1.29, 1.82) is 0 Å². The number of ether oxygens (including phenoxy) is 1. The molecular weight excluding hydrogens is 389 g/mol. The van der Waals surface area contributed by atoms with Gasteiger partial charge < -0.3 is 4.74 Å². The number of alkyl halides is 3. The average molecular weight is 406 g/mol. The van der Waals surface area contributed by atoms with Gasteiger partial charge in [-0.2, -0.15) is 0 Å². The Morgan fingerprint density at radius 3 is 2.21 bits per heavy atom. The summed E-state index contributed by atoms with van der Waals surface area (Å²) in [4.78, 5) is 0. The van der Waals surface area contributed by atoms with Gasteiger partial charge in [0.2, 0.25) is 5.75 Å². The summed E-state index contributed by atoms with van der Waals surface area (Å²) in [7, 11) is 0. The molecule has 1 aliphatic rings. The maximum absolute atomic E-state index is 14.5. The average Bonchev–Trinajstić information content (AvgIpc) is 2.57. The van der Waals surface area contributed by atoms with E-state index in [2.05, 4.69) is 4.74 Å². The molecule has 152 valence electrons. The molecule has 0 saturated carbocycles. The number of rotatable bonds is 4. The second kappa shape index (κ2) is 7.64. The Bertz CT molecular complexity index is 866. The lowest BCUT2D eigenvalue weighted by molar-refractivity contribution is -0.276. The van der Waals surface area contributed by atoms with Crippen LogP contribution in [0.15, 0.2) is 18.2 Å². The number of aryl methyl sites for hydroxylation is 1. The summed E-state index contributed by atoms with van der Waals surface area (Å²) in [5, 5.41) is 0. The molecule has 0 N–H and O–H groups in total. The summed E-state index contributed by atoms with van der Waals surface area (Å²) in [6.45, 7) is 1.88. The van der Waals surface area contributed by atoms with Crippen LogP contribution in [0.25, 0.3) is 0 Å². The van der Waals surface area contributed by atoms with Gasteiger partial charge in [-0.3, -0.25) is 0 Å². The lowest BCUT2D eigenvalue weighted by Crippen LogP contribution is -2.22. The van der Waals surface area contributed by atoms with Crippen LogP contribution >= 0.6 is 0 Å². The highest BCUT2D eigenvalue weighted by atomic mass is 19.4. The maximum atomic E-state index is 14.5. The predicted octanol–water partition coefficient (Wildman–Crippen LogP) is 6.37. The molecule has 28 heavy (non-hydrogen) atoms. The monoisotopic (exact) mass is 406 g/mol. The molecule has 1 aliphatic carbocycles. The SMILES string of the molecule is CCCc1cc(F)c(C2CCc3c(cc(F)c(OC(F)(F)F)c3F)C2)c(F)c1. The standard InChI is InChI=1S/C20H17F7O/c1-2-3-10-6-14(21)17(15(22)7-10)11-4-5-13-12(8-11)9-16(23)19(18(13)24)28-20(25,26)27/h6-7,9,11H,2-5,8H2,1H3. The first-order valence-corrected chi connectivity index (χ1v) is 8.84. The Kier molecular flexibility index (Phi) is 5.59. The van der Waals surface area contributed by atoms with Crippen molar-refractivity contribution in [3.05, 3.63) is 63.7 Å². The molecule has 1 unspecified atom stereocenters. The van der Waals surface area contributed by atoms with Gasteiger partial charge in [0, 0.05) is 5.56 Å². The van der Waals surface area contributed by atoms with Crippen LogP contribution in [0, 0.1) is 23.3 Å². The second-order valence-corrected chi connectivity index (χ2v) is 6.85. The molecule has 0 saturated heterocycles. The first-order chi connectivity index (χ1) is 13.1. The highest BCUT2D eigenvalue weighted by molar-refractivity contribution is 5.43. The summed E-state index contributed by atoms with van der Waals surface area (Å²) < 4.78 is 97.8. The fourth-order valence-corrected chi connectivity index (χ4v) is 3.74. The minimum atomic E-state index is -5.24. The van der Waals surface area contributed by atoms with Crippen molar-refractivity contribution in [2.24, 2.45) is 0 Å². The molecule has 0 amide bonds. The highest BCUT2D eigenvalue weighted by Gasteiger charge is 2.36. The van der Waals surface area contributed by atoms with Crippen LogP contribution in [-0.4, -0.2) is 6.36 Å². The van der Waals surface area contributed by atoms with Gasteiger partial charge in [0.25, 0.3) is 0 Å². The van der Waals surface area contributed by atoms with Gasteiger partial charge in [-0.1, -0.05) is 13.3 Å². The van der Waals surface area contributed by atoms with Crippen molar-refractivity contribution < 1.29 is 35.5 Å². The van der Waals surface area contributed by atoms with Crippen molar-refractivity contribution in [2.75, 3.05) is 0 Å². The zero-order valence-electron chi connectivity index (χ0n) is 14.9. The highest BCUT2D eigenvalue weighted by Crippen LogP contribution is 2.40. The lowest BCUT2D eigenvalue weighted by atomic mass is 9.79. The normalized spacial score (nSPS) is 16.8. The smallest absolute Gasteiger partial charge is 0.399 e. The largest absolute Gasteiger partial charge is 0.573 e. The molecule has 0 spiro atoms. The number of hydrogen-bond acceptors (Lipinski definition) is 1. The summed E-state index contributed by atoms with van der Waals surface area (Å²) in [6, 6.07) is 3.24. The summed E-state index contributed by atoms with van der Waals surface area (Å²) in [6.07, 6.45) is -4.07. The Morgan fingerprint density at radius 1 is 1.00 bits per heavy atom. The van der Waals surface area contributed by atoms with E-state index in [-0.39, 0.29) is 36.0 Å². The number of hydrogen-bond donors (Lipinski definition) is 0. The molecule has 2 aromatic rings. The van der Waals surface area contributed by atoms with E-state index in [9.17, 15) is 30.7 Å². The zero-order chi connectivity index (χ0) is 20.6. The fraction of sp³-hybridized carbons (Fsp3) is 0.400. The van der Waals surface area contributed by atoms with E-state index in [4.69, 9.17) is 0 Å². The van der Waals surface area contributed by atoms with Crippen LogP contribution < -0.4 is 4.74 Å². The van der Waals surface area contributed by atoms with Gasteiger partial charge in [0.1, 0.15) is 11.6 Å². The topological polar surface area (TPSA) is 9.23 Å². The van der Waals surface area contributed by atoms with Gasteiger partial charge in [0.05, 0.1) is 0 Å². The van der Waals surface area contributed by atoms with E-state index >= 15 is 0 Å². The fourth-order valence-electron chi connectivity index (χ4n) is 3.74. The minimum absolute atomic E-state index is 0.0807. The molecule has 0 radical (unpaired) electrons. The molecule has 3 rings (SSSR count). The molecule has 0 fully saturated rings. The number of fused-ring (bicyclic) bond motifs is 1. The lowest BCUT2D eigenvalue weighted by Gasteiger charge is -2.27. The molecule has 1 nitrogen and oxygen atoms in total. The van der Waals surface area contributed by atoms with Crippen molar-refractivity contribution >= 4 is 0 Å². The Morgan fingerprint density at radius 2 is 1.64 bits per heavy atom. The summed E-state index contributed by atoms with van der Waals surface area (Å²) >= 11 is 0. The first-order valence-electron chi connectivity index (χ1n) is 8.84. The number of benzene rings is 2. The van der Waals surface area contributed by atoms with Crippen LogP contribution in [0.2, 0.25) is 0 Å². The van der Waals surface area contributed by atoms with Crippen molar-refractivity contribution in [3.63, 3.8) is 0 Å². The molecule has 0 bridgehead atoms. The van der Waals surface area contributed by atoms with Crippen molar-refractivity contribution in [2.45, 2.75) is 51.3 Å². The van der Waals surface area contributed by atoms with Gasteiger partial charge >= 0.3 is 6.36 Å². The number of halogens is 7. The molecular formula is C20H17F7O. The molecule has 1 atom stereocenters. The van der Waals surface area contributed by atoms with Crippen LogP contribution in [0.5, 0.6) is 5.75 Å². The van der Waals surface area contributed by atoms with E-state index in [0.717, 1.165) is 12.5 Å². The van der Waals surface area contributed by atoms with Crippen LogP contribution in [0.4, 0.5) is 30.7 Å². The summed E-state index contributed by atoms with van der Waals surface area (Å²) in [5.41, 5.74) is 0.308. The predicted molar refractivity (Wildman–Crippen MR) is 88.2 cm³/mol. The van der Waals surface area contributed by atoms with E-state index < -0.39 is 41.3 Å². The van der Waals surface area contributed by atoms with Gasteiger partial charge in [0.15, 0.2) is 11.6 Å². The minimum Gasteiger partial charge on any atom is -0.399 e. The maximum Gasteiger partial charge on any atom is 0.573 e. The Labute approximate surface area is 157 Å². The molecule has 8 heteroatoms. The third-order valence-corrected chi connectivity index (χ3v) is 4.88. The molecule has 2 aromatic carbocycles. The van der Waals surface area contributed by atoms with Gasteiger partial charge in [-0.05, 0) is 66.5 Å². The van der Waals surface area contributed by atoms with Crippen LogP contribution in [0.3, 0.4) is 0 Å². The summed E-state index contributed by atoms with van der Waals surface area (Å²) in [5.74, 6) is -6.56. The first kappa shape index (κ1) is 20.5. The third-order valence-electron chi connectivity index (χ3n) is 4.88. The van der Waals surface area contributed by atoms with Crippen LogP contribution in [0.1, 0.15) is 47.9 Å². The van der Waals surface area contributed by atoms with E-state index in [1.54, 1.807) is 0 Å². The molecule has 0 aliphatic heterocycles. The Hall–Kier alpha value is -2.25. The third kappa shape index (κ3) is 4.10. The van der Waals surface area contributed by atoms with Gasteiger partial charge in [-0.15, -0.1) is 13.2 Å². The van der Waals surface area contributed by atoms with Crippen molar-refractivity contribution in [3.8, 4) is 5.75 Å². The van der Waals surface area contributed by atoms with Crippen LogP contribution in [-0.2, 0) is 19.3 Å². The van der Waals surface area contributed by atoms with Gasteiger partial charge in [-0.25, -0.2) is 17.6 Å². The second-order valence-electron chi connectivity index (χ2n) is 6.85. The zero-order valence-corrected chi connectivity index (χ0v) is 14.9. The van der Waals surface area contributed by atoms with E-state index in [0.29, 0.717) is 12.0 Å². The Balaban J connectivity index is 1.94. The van der Waals surface area contributed by atoms with E-state index in [1.165, 1.54) is 12.1 Å². The quantitative estimate of drug-likeness (QED) is 0.537. The molecule has 0 heterocycles. The van der Waals surface area contributed by atoms with Crippen molar-refractivity contribution in [1.82, 2.24) is 0 Å². The van der Waals surface area contributed by atoms with E-state index in [1.807, 2.05) is 6.92 Å².